The monoisotopic (exact) mass is 488 g/mol. The summed E-state index contributed by atoms with van der Waals surface area (Å²) < 4.78 is 28.7. The van der Waals surface area contributed by atoms with Crippen molar-refractivity contribution in [1.29, 1.82) is 0 Å². The fourth-order valence-electron chi connectivity index (χ4n) is 4.04. The average molecular weight is 489 g/mol. The maximum atomic E-state index is 13.5. The lowest BCUT2D eigenvalue weighted by Gasteiger charge is -2.15. The minimum Gasteiger partial charge on any atom is -0.350 e. The van der Waals surface area contributed by atoms with E-state index in [0.29, 0.717) is 56.6 Å². The van der Waals surface area contributed by atoms with E-state index in [1.54, 1.807) is 24.4 Å². The van der Waals surface area contributed by atoms with Gasteiger partial charge in [0, 0.05) is 13.1 Å². The Labute approximate surface area is 199 Å². The van der Waals surface area contributed by atoms with E-state index in [9.17, 15) is 8.78 Å². The van der Waals surface area contributed by atoms with Crippen molar-refractivity contribution in [2.75, 3.05) is 18.4 Å². The molecule has 3 heterocycles. The molecule has 0 bridgehead atoms. The number of nitrogens with zero attached hydrogens (tertiary/aromatic N) is 4. The van der Waals surface area contributed by atoms with E-state index in [1.807, 2.05) is 4.57 Å². The van der Waals surface area contributed by atoms with Gasteiger partial charge in [-0.25, -0.2) is 18.7 Å². The number of aromatic nitrogens is 4. The van der Waals surface area contributed by atoms with E-state index in [1.165, 1.54) is 6.07 Å². The second-order valence-corrected chi connectivity index (χ2v) is 8.82. The summed E-state index contributed by atoms with van der Waals surface area (Å²) in [6.07, 6.45) is 2.68. The molecular formula is C23H20Cl2F2N6. The first-order valence-electron chi connectivity index (χ1n) is 10.6. The van der Waals surface area contributed by atoms with Crippen LogP contribution in [0.5, 0.6) is 0 Å². The van der Waals surface area contributed by atoms with Crippen molar-refractivity contribution in [2.24, 2.45) is 5.92 Å². The number of anilines is 1. The van der Waals surface area contributed by atoms with Crippen LogP contribution in [0.2, 0.25) is 10.0 Å². The zero-order valence-corrected chi connectivity index (χ0v) is 19.0. The third-order valence-corrected chi connectivity index (χ3v) is 6.34. The largest absolute Gasteiger partial charge is 0.350 e. The summed E-state index contributed by atoms with van der Waals surface area (Å²) in [6.45, 7) is 2.81. The van der Waals surface area contributed by atoms with Crippen LogP contribution in [0.3, 0.4) is 0 Å². The van der Waals surface area contributed by atoms with Crippen LogP contribution in [0.1, 0.15) is 12.0 Å². The molecule has 5 rings (SSSR count). The molecule has 0 amide bonds. The van der Waals surface area contributed by atoms with Crippen molar-refractivity contribution >= 4 is 40.3 Å². The van der Waals surface area contributed by atoms with Crippen LogP contribution in [0.15, 0.2) is 42.6 Å². The highest BCUT2D eigenvalue weighted by molar-refractivity contribution is 6.39. The van der Waals surface area contributed by atoms with Crippen molar-refractivity contribution in [2.45, 2.75) is 19.5 Å². The second kappa shape index (κ2) is 9.21. The quantitative estimate of drug-likeness (QED) is 0.385. The summed E-state index contributed by atoms with van der Waals surface area (Å²) in [5, 5.41) is 7.48. The molecule has 1 saturated heterocycles. The van der Waals surface area contributed by atoms with E-state index in [0.717, 1.165) is 31.6 Å². The fraction of sp³-hybridized carbons (Fsp3) is 0.261. The Morgan fingerprint density at radius 3 is 2.64 bits per heavy atom. The number of hydrogen-bond donors (Lipinski definition) is 2. The van der Waals surface area contributed by atoms with Gasteiger partial charge in [0.25, 0.3) is 0 Å². The van der Waals surface area contributed by atoms with Gasteiger partial charge in [-0.1, -0.05) is 35.3 Å². The van der Waals surface area contributed by atoms with Gasteiger partial charge in [-0.15, -0.1) is 0 Å². The lowest BCUT2D eigenvalue weighted by Crippen LogP contribution is -2.16. The van der Waals surface area contributed by atoms with E-state index in [2.05, 4.69) is 20.6 Å². The molecule has 4 aromatic rings. The molecule has 2 aromatic carbocycles. The molecule has 0 saturated carbocycles. The number of rotatable bonds is 6. The third kappa shape index (κ3) is 4.51. The minimum absolute atomic E-state index is 0.243. The maximum Gasteiger partial charge on any atom is 0.225 e. The van der Waals surface area contributed by atoms with Crippen LogP contribution < -0.4 is 10.6 Å². The molecule has 0 unspecified atom stereocenters. The summed E-state index contributed by atoms with van der Waals surface area (Å²) in [4.78, 5) is 13.8. The van der Waals surface area contributed by atoms with Crippen molar-refractivity contribution in [3.8, 4) is 11.4 Å². The number of hydrogen-bond acceptors (Lipinski definition) is 5. The van der Waals surface area contributed by atoms with E-state index >= 15 is 0 Å². The molecule has 1 aliphatic heterocycles. The molecule has 0 aliphatic carbocycles. The highest BCUT2D eigenvalue weighted by Gasteiger charge is 2.23. The summed E-state index contributed by atoms with van der Waals surface area (Å²) in [5.74, 6) is -0.368. The van der Waals surface area contributed by atoms with Gasteiger partial charge in [-0.05, 0) is 55.3 Å². The second-order valence-electron chi connectivity index (χ2n) is 8.01. The first kappa shape index (κ1) is 22.0. The summed E-state index contributed by atoms with van der Waals surface area (Å²) in [6, 6.07) is 9.12. The first-order chi connectivity index (χ1) is 16.0. The zero-order valence-electron chi connectivity index (χ0n) is 17.5. The van der Waals surface area contributed by atoms with Gasteiger partial charge in [-0.3, -0.25) is 0 Å². The predicted octanol–water partition coefficient (Wildman–Crippen LogP) is 5.30. The van der Waals surface area contributed by atoms with Crippen LogP contribution >= 0.6 is 23.2 Å². The lowest BCUT2D eigenvalue weighted by atomic mass is 10.1. The van der Waals surface area contributed by atoms with Crippen LogP contribution in [0.25, 0.3) is 22.6 Å². The van der Waals surface area contributed by atoms with Crippen LogP contribution in [0, 0.1) is 17.6 Å². The Bertz CT molecular complexity index is 1300. The van der Waals surface area contributed by atoms with Gasteiger partial charge < -0.3 is 15.2 Å². The summed E-state index contributed by atoms with van der Waals surface area (Å²) in [7, 11) is 0. The average Bonchev–Trinajstić information content (AvgIpc) is 3.43. The molecule has 6 nitrogen and oxygen atoms in total. The number of benzene rings is 2. The van der Waals surface area contributed by atoms with Gasteiger partial charge in [0.2, 0.25) is 5.95 Å². The molecular weight excluding hydrogens is 469 g/mol. The van der Waals surface area contributed by atoms with Crippen molar-refractivity contribution < 1.29 is 8.78 Å². The van der Waals surface area contributed by atoms with Gasteiger partial charge >= 0.3 is 0 Å². The van der Waals surface area contributed by atoms with E-state index in [-0.39, 0.29) is 6.54 Å². The van der Waals surface area contributed by atoms with Crippen molar-refractivity contribution in [1.82, 2.24) is 24.8 Å². The van der Waals surface area contributed by atoms with Gasteiger partial charge in [0.05, 0.1) is 21.8 Å². The Morgan fingerprint density at radius 1 is 1.09 bits per heavy atom. The molecule has 1 fully saturated rings. The fourth-order valence-corrected chi connectivity index (χ4v) is 4.60. The van der Waals surface area contributed by atoms with Crippen LogP contribution in [-0.2, 0) is 13.1 Å². The normalized spacial score (nSPS) is 15.9. The molecule has 2 N–H and O–H groups in total. The van der Waals surface area contributed by atoms with E-state index < -0.39 is 11.6 Å². The Kier molecular flexibility index (Phi) is 6.14. The molecule has 1 atom stereocenters. The highest BCUT2D eigenvalue weighted by Crippen LogP contribution is 2.36. The van der Waals surface area contributed by atoms with Gasteiger partial charge in [0.15, 0.2) is 17.3 Å². The molecule has 0 spiro atoms. The van der Waals surface area contributed by atoms with Crippen LogP contribution in [-0.4, -0.2) is 32.6 Å². The van der Waals surface area contributed by atoms with Crippen molar-refractivity contribution in [3.05, 3.63) is 69.8 Å². The minimum atomic E-state index is -0.893. The molecule has 170 valence electrons. The van der Waals surface area contributed by atoms with Gasteiger partial charge in [0.1, 0.15) is 11.3 Å². The molecule has 0 radical (unpaired) electrons. The van der Waals surface area contributed by atoms with Gasteiger partial charge in [-0.2, -0.15) is 4.98 Å². The van der Waals surface area contributed by atoms with E-state index in [4.69, 9.17) is 28.2 Å². The number of fused-ring (bicyclic) bond motifs is 1. The first-order valence-corrected chi connectivity index (χ1v) is 11.3. The SMILES string of the molecule is Fc1ccc(CNc2ncc3nc(-c4c(Cl)cccc4Cl)n(C[C@H]4CCNC4)c3n2)cc1F. The highest BCUT2D eigenvalue weighted by atomic mass is 35.5. The number of halogens is 4. The molecule has 2 aromatic heterocycles. The molecule has 10 heteroatoms. The van der Waals surface area contributed by atoms with Crippen LogP contribution in [0.4, 0.5) is 14.7 Å². The summed E-state index contributed by atoms with van der Waals surface area (Å²) in [5.41, 5.74) is 2.49. The topological polar surface area (TPSA) is 67.7 Å². The number of nitrogens with one attached hydrogen (secondary N) is 2. The predicted molar refractivity (Wildman–Crippen MR) is 125 cm³/mol. The summed E-state index contributed by atoms with van der Waals surface area (Å²) >= 11 is 13.0. The molecule has 1 aliphatic rings. The third-order valence-electron chi connectivity index (χ3n) is 5.71. The molecule has 33 heavy (non-hydrogen) atoms. The lowest BCUT2D eigenvalue weighted by molar-refractivity contribution is 0.490. The van der Waals surface area contributed by atoms with Crippen molar-refractivity contribution in [3.63, 3.8) is 0 Å². The Balaban J connectivity index is 1.53. The number of imidazole rings is 1. The smallest absolute Gasteiger partial charge is 0.225 e. The Hall–Kier alpha value is -2.81. The zero-order chi connectivity index (χ0) is 22.9. The maximum absolute atomic E-state index is 13.5. The standard InChI is InChI=1S/C23H20Cl2F2N6/c24-15-2-1-3-16(25)20(15)22-31-19-11-30-23(29-10-13-4-5-17(26)18(27)8-13)32-21(19)33(22)12-14-6-7-28-9-14/h1-5,8,11,14,28H,6-7,9-10,12H2,(H,29,30,32)/t14-/m0/s1. The Morgan fingerprint density at radius 2 is 1.91 bits per heavy atom.